The number of benzene rings is 2. The van der Waals surface area contributed by atoms with Crippen molar-refractivity contribution in [2.24, 2.45) is 5.10 Å². The van der Waals surface area contributed by atoms with Gasteiger partial charge in [-0.15, -0.1) is 11.3 Å². The highest BCUT2D eigenvalue weighted by atomic mass is 32.1. The number of fused-ring (bicyclic) bond motifs is 1. The summed E-state index contributed by atoms with van der Waals surface area (Å²) in [5.41, 5.74) is 3.35. The number of hydrazone groups is 1. The average Bonchev–Trinajstić information content (AvgIpc) is 3.16. The van der Waals surface area contributed by atoms with Crippen LogP contribution in [0.1, 0.15) is 15.9 Å². The summed E-state index contributed by atoms with van der Waals surface area (Å²) >= 11 is 1.26. The molecule has 7 nitrogen and oxygen atoms in total. The number of methoxy groups -OCH3 is 2. The van der Waals surface area contributed by atoms with Crippen molar-refractivity contribution in [3.05, 3.63) is 58.7 Å². The molecule has 3 rings (SSSR count). The molecule has 0 saturated carbocycles. The van der Waals surface area contributed by atoms with Crippen molar-refractivity contribution >= 4 is 39.5 Å². The van der Waals surface area contributed by atoms with Gasteiger partial charge in [0, 0.05) is 21.9 Å². The van der Waals surface area contributed by atoms with Crippen LogP contribution in [0.2, 0.25) is 0 Å². The van der Waals surface area contributed by atoms with Crippen molar-refractivity contribution in [1.29, 1.82) is 0 Å². The average molecular weight is 415 g/mol. The normalized spacial score (nSPS) is 10.9. The minimum absolute atomic E-state index is 0.260. The van der Waals surface area contributed by atoms with Gasteiger partial charge in [-0.25, -0.2) is 9.82 Å². The Labute approximate surface area is 170 Å². The molecule has 0 aliphatic heterocycles. The van der Waals surface area contributed by atoms with Crippen LogP contribution in [-0.4, -0.2) is 38.8 Å². The third-order valence-corrected chi connectivity index (χ3v) is 5.05. The van der Waals surface area contributed by atoms with Crippen LogP contribution < -0.4 is 20.2 Å². The van der Waals surface area contributed by atoms with Gasteiger partial charge in [0.25, 0.3) is 11.8 Å². The molecule has 2 N–H and O–H groups in total. The first-order chi connectivity index (χ1) is 14.0. The van der Waals surface area contributed by atoms with Gasteiger partial charge in [0.05, 0.1) is 31.7 Å². The number of thiophene rings is 1. The molecule has 0 atom stereocenters. The predicted octanol–water partition coefficient (Wildman–Crippen LogP) is 2.94. The van der Waals surface area contributed by atoms with E-state index in [1.807, 2.05) is 0 Å². The van der Waals surface area contributed by atoms with E-state index < -0.39 is 11.8 Å². The number of ether oxygens (including phenoxy) is 2. The smallest absolute Gasteiger partial charge is 0.259 e. The Morgan fingerprint density at radius 3 is 2.72 bits per heavy atom. The maximum atomic E-state index is 13.7. The Morgan fingerprint density at radius 2 is 1.97 bits per heavy atom. The first-order valence-electron chi connectivity index (χ1n) is 8.51. The lowest BCUT2D eigenvalue weighted by molar-refractivity contribution is -0.120. The SMILES string of the molecule is COc1ccc(C(=O)NCC(=O)N/N=C/c2csc3c(F)cccc23)cc1OC. The molecule has 0 aliphatic rings. The minimum atomic E-state index is -0.499. The molecule has 150 valence electrons. The van der Waals surface area contributed by atoms with Crippen LogP contribution in [0.5, 0.6) is 11.5 Å². The Hall–Kier alpha value is -3.46. The maximum absolute atomic E-state index is 13.7. The maximum Gasteiger partial charge on any atom is 0.259 e. The van der Waals surface area contributed by atoms with Crippen molar-refractivity contribution in [3.8, 4) is 11.5 Å². The lowest BCUT2D eigenvalue weighted by Gasteiger charge is -2.09. The molecule has 1 aromatic heterocycles. The third kappa shape index (κ3) is 4.69. The fourth-order valence-corrected chi connectivity index (χ4v) is 3.52. The number of nitrogens with one attached hydrogen (secondary N) is 2. The first-order valence-corrected chi connectivity index (χ1v) is 9.39. The number of hydrogen-bond donors (Lipinski definition) is 2. The predicted molar refractivity (Wildman–Crippen MR) is 109 cm³/mol. The first kappa shape index (κ1) is 20.3. The molecule has 0 radical (unpaired) electrons. The van der Waals surface area contributed by atoms with Gasteiger partial charge < -0.3 is 14.8 Å². The van der Waals surface area contributed by atoms with Crippen LogP contribution in [0.3, 0.4) is 0 Å². The standard InChI is InChI=1S/C20H18FN3O4S/c1-27-16-7-6-12(8-17(16)28-2)20(26)22-10-18(25)24-23-9-13-11-29-19-14(13)4-3-5-15(19)21/h3-9,11H,10H2,1-2H3,(H,22,26)(H,24,25)/b23-9+. The van der Waals surface area contributed by atoms with Gasteiger partial charge in [0.15, 0.2) is 11.5 Å². The molecular weight excluding hydrogens is 397 g/mol. The zero-order chi connectivity index (χ0) is 20.8. The number of carbonyl (C=O) groups is 2. The van der Waals surface area contributed by atoms with E-state index in [4.69, 9.17) is 9.47 Å². The van der Waals surface area contributed by atoms with Crippen molar-refractivity contribution in [3.63, 3.8) is 0 Å². The molecular formula is C20H18FN3O4S. The quantitative estimate of drug-likeness (QED) is 0.459. The van der Waals surface area contributed by atoms with Crippen LogP contribution in [0.15, 0.2) is 46.9 Å². The summed E-state index contributed by atoms with van der Waals surface area (Å²) in [7, 11) is 2.97. The number of hydrogen-bond acceptors (Lipinski definition) is 6. The zero-order valence-electron chi connectivity index (χ0n) is 15.7. The van der Waals surface area contributed by atoms with Crippen LogP contribution in [0, 0.1) is 5.82 Å². The summed E-state index contributed by atoms with van der Waals surface area (Å²) in [5, 5.41) is 8.84. The molecule has 3 aromatic rings. The molecule has 9 heteroatoms. The molecule has 0 spiro atoms. The number of rotatable bonds is 7. The monoisotopic (exact) mass is 415 g/mol. The van der Waals surface area contributed by atoms with Crippen molar-refractivity contribution in [1.82, 2.24) is 10.7 Å². The summed E-state index contributed by atoms with van der Waals surface area (Å²) in [5.74, 6) is -0.329. The second-order valence-corrected chi connectivity index (χ2v) is 6.73. The fourth-order valence-electron chi connectivity index (χ4n) is 2.60. The fraction of sp³-hybridized carbons (Fsp3) is 0.150. The Bertz CT molecular complexity index is 1080. The van der Waals surface area contributed by atoms with Crippen molar-refractivity contribution < 1.29 is 23.5 Å². The highest BCUT2D eigenvalue weighted by Crippen LogP contribution is 2.28. The van der Waals surface area contributed by atoms with E-state index in [9.17, 15) is 14.0 Å². The van der Waals surface area contributed by atoms with Gasteiger partial charge >= 0.3 is 0 Å². The van der Waals surface area contributed by atoms with E-state index in [2.05, 4.69) is 15.8 Å². The van der Waals surface area contributed by atoms with E-state index in [1.165, 1.54) is 43.9 Å². The summed E-state index contributed by atoms with van der Waals surface area (Å²) in [4.78, 5) is 24.1. The van der Waals surface area contributed by atoms with E-state index in [0.29, 0.717) is 27.3 Å². The molecule has 0 fully saturated rings. The lowest BCUT2D eigenvalue weighted by atomic mass is 10.2. The molecule has 0 unspecified atom stereocenters. The van der Waals surface area contributed by atoms with Crippen molar-refractivity contribution in [2.75, 3.05) is 20.8 Å². The molecule has 29 heavy (non-hydrogen) atoms. The van der Waals surface area contributed by atoms with E-state index in [1.54, 1.807) is 29.6 Å². The topological polar surface area (TPSA) is 89.0 Å². The number of amides is 2. The number of nitrogens with zero attached hydrogens (tertiary/aromatic N) is 1. The Kier molecular flexibility index (Phi) is 6.40. The second kappa shape index (κ2) is 9.16. The van der Waals surface area contributed by atoms with Gasteiger partial charge in [-0.1, -0.05) is 12.1 Å². The van der Waals surface area contributed by atoms with Gasteiger partial charge in [0.2, 0.25) is 0 Å². The third-order valence-electron chi connectivity index (χ3n) is 4.03. The summed E-state index contributed by atoms with van der Waals surface area (Å²) in [6, 6.07) is 9.47. The van der Waals surface area contributed by atoms with Crippen LogP contribution in [0.4, 0.5) is 4.39 Å². The second-order valence-electron chi connectivity index (χ2n) is 5.85. The summed E-state index contributed by atoms with van der Waals surface area (Å²) < 4.78 is 24.5. The van der Waals surface area contributed by atoms with E-state index >= 15 is 0 Å². The Morgan fingerprint density at radius 1 is 1.17 bits per heavy atom. The highest BCUT2D eigenvalue weighted by molar-refractivity contribution is 7.17. The van der Waals surface area contributed by atoms with Crippen LogP contribution in [0.25, 0.3) is 10.1 Å². The molecule has 0 saturated heterocycles. The Balaban J connectivity index is 1.55. The molecule has 0 bridgehead atoms. The van der Waals surface area contributed by atoms with Gasteiger partial charge in [0.1, 0.15) is 5.82 Å². The van der Waals surface area contributed by atoms with Crippen LogP contribution >= 0.6 is 11.3 Å². The molecule has 0 aliphatic carbocycles. The molecule has 2 aromatic carbocycles. The molecule has 2 amide bonds. The number of halogens is 1. The van der Waals surface area contributed by atoms with Crippen molar-refractivity contribution in [2.45, 2.75) is 0 Å². The summed E-state index contributed by atoms with van der Waals surface area (Å²) in [6.45, 7) is -0.260. The summed E-state index contributed by atoms with van der Waals surface area (Å²) in [6.07, 6.45) is 1.44. The van der Waals surface area contributed by atoms with Crippen LogP contribution in [-0.2, 0) is 4.79 Å². The minimum Gasteiger partial charge on any atom is -0.493 e. The van der Waals surface area contributed by atoms with Gasteiger partial charge in [-0.2, -0.15) is 5.10 Å². The largest absolute Gasteiger partial charge is 0.493 e. The zero-order valence-corrected chi connectivity index (χ0v) is 16.5. The van der Waals surface area contributed by atoms with E-state index in [0.717, 1.165) is 5.39 Å². The van der Waals surface area contributed by atoms with Gasteiger partial charge in [-0.05, 0) is 24.3 Å². The van der Waals surface area contributed by atoms with Gasteiger partial charge in [-0.3, -0.25) is 9.59 Å². The highest BCUT2D eigenvalue weighted by Gasteiger charge is 2.12. The lowest BCUT2D eigenvalue weighted by Crippen LogP contribution is -2.34. The van der Waals surface area contributed by atoms with E-state index in [-0.39, 0.29) is 12.4 Å². The molecule has 1 heterocycles. The number of carbonyl (C=O) groups excluding carboxylic acids is 2.